The summed E-state index contributed by atoms with van der Waals surface area (Å²) in [4.78, 5) is 0. The molecule has 1 rings (SSSR count). The maximum absolute atomic E-state index is 3.64. The molecule has 114 valence electrons. The zero-order valence-corrected chi connectivity index (χ0v) is 14.3. The molecule has 1 saturated carbocycles. The molecular formula is C18H37N. The van der Waals surface area contributed by atoms with Crippen LogP contribution < -0.4 is 5.32 Å². The average molecular weight is 268 g/mol. The van der Waals surface area contributed by atoms with Gasteiger partial charge in [0.2, 0.25) is 0 Å². The molecule has 1 N–H and O–H groups in total. The van der Waals surface area contributed by atoms with Gasteiger partial charge in [-0.15, -0.1) is 0 Å². The second-order valence-corrected chi connectivity index (χ2v) is 8.14. The van der Waals surface area contributed by atoms with Crippen LogP contribution >= 0.6 is 0 Å². The van der Waals surface area contributed by atoms with Crippen molar-refractivity contribution in [1.82, 2.24) is 5.32 Å². The molecule has 0 radical (unpaired) electrons. The van der Waals surface area contributed by atoms with E-state index in [4.69, 9.17) is 0 Å². The Morgan fingerprint density at radius 2 is 1.74 bits per heavy atom. The largest absolute Gasteiger partial charge is 0.316 e. The van der Waals surface area contributed by atoms with Crippen LogP contribution in [0.5, 0.6) is 0 Å². The normalized spacial score (nSPS) is 30.3. The van der Waals surface area contributed by atoms with E-state index in [1.807, 2.05) is 0 Å². The van der Waals surface area contributed by atoms with E-state index in [0.29, 0.717) is 10.8 Å². The molecule has 0 aromatic heterocycles. The molecule has 0 aromatic carbocycles. The van der Waals surface area contributed by atoms with E-state index in [-0.39, 0.29) is 0 Å². The molecule has 0 amide bonds. The lowest BCUT2D eigenvalue weighted by Gasteiger charge is -2.45. The Bertz CT molecular complexity index is 243. The van der Waals surface area contributed by atoms with Crippen molar-refractivity contribution >= 4 is 0 Å². The Kier molecular flexibility index (Phi) is 6.36. The summed E-state index contributed by atoms with van der Waals surface area (Å²) in [5.41, 5.74) is 1.09. The summed E-state index contributed by atoms with van der Waals surface area (Å²) in [6.45, 7) is 16.6. The van der Waals surface area contributed by atoms with Gasteiger partial charge in [-0.05, 0) is 61.3 Å². The van der Waals surface area contributed by atoms with Crippen molar-refractivity contribution < 1.29 is 0 Å². The van der Waals surface area contributed by atoms with Gasteiger partial charge in [-0.25, -0.2) is 0 Å². The lowest BCUT2D eigenvalue weighted by Crippen LogP contribution is -2.40. The Hall–Kier alpha value is -0.0400. The second kappa shape index (κ2) is 7.11. The van der Waals surface area contributed by atoms with Crippen LogP contribution in [-0.2, 0) is 0 Å². The highest BCUT2D eigenvalue weighted by Gasteiger charge is 2.38. The number of nitrogens with one attached hydrogen (secondary N) is 1. The first-order valence-corrected chi connectivity index (χ1v) is 8.53. The summed E-state index contributed by atoms with van der Waals surface area (Å²) in [7, 11) is 0. The van der Waals surface area contributed by atoms with Gasteiger partial charge in [-0.1, -0.05) is 48.0 Å². The highest BCUT2D eigenvalue weighted by atomic mass is 14.9. The Morgan fingerprint density at radius 3 is 2.16 bits per heavy atom. The van der Waals surface area contributed by atoms with Gasteiger partial charge in [0.1, 0.15) is 0 Å². The van der Waals surface area contributed by atoms with E-state index >= 15 is 0 Å². The molecular weight excluding hydrogens is 230 g/mol. The average Bonchev–Trinajstić information content (AvgIpc) is 2.36. The third-order valence-electron chi connectivity index (χ3n) is 5.50. The summed E-state index contributed by atoms with van der Waals surface area (Å²) in [6, 6.07) is 0. The van der Waals surface area contributed by atoms with Crippen LogP contribution in [0.4, 0.5) is 0 Å². The fourth-order valence-corrected chi connectivity index (χ4v) is 3.82. The maximum Gasteiger partial charge on any atom is 0.000779 e. The first kappa shape index (κ1) is 17.0. The van der Waals surface area contributed by atoms with Crippen molar-refractivity contribution in [3.63, 3.8) is 0 Å². The zero-order valence-electron chi connectivity index (χ0n) is 14.3. The Balaban J connectivity index is 2.63. The minimum atomic E-state index is 0.501. The predicted octanol–water partition coefficient (Wildman–Crippen LogP) is 5.25. The highest BCUT2D eigenvalue weighted by molar-refractivity contribution is 4.91. The first-order chi connectivity index (χ1) is 8.83. The molecule has 1 aliphatic carbocycles. The van der Waals surface area contributed by atoms with Crippen molar-refractivity contribution in [3.8, 4) is 0 Å². The van der Waals surface area contributed by atoms with Gasteiger partial charge in [-0.3, -0.25) is 0 Å². The third kappa shape index (κ3) is 5.10. The molecule has 0 bridgehead atoms. The monoisotopic (exact) mass is 267 g/mol. The fraction of sp³-hybridized carbons (Fsp3) is 1.00. The van der Waals surface area contributed by atoms with Crippen LogP contribution in [0, 0.1) is 22.7 Å². The second-order valence-electron chi connectivity index (χ2n) is 8.14. The molecule has 0 aromatic rings. The smallest absolute Gasteiger partial charge is 0.000779 e. The minimum Gasteiger partial charge on any atom is -0.316 e. The Morgan fingerprint density at radius 1 is 1.16 bits per heavy atom. The third-order valence-corrected chi connectivity index (χ3v) is 5.50. The van der Waals surface area contributed by atoms with Crippen LogP contribution in [-0.4, -0.2) is 13.1 Å². The molecule has 1 nitrogen and oxygen atoms in total. The van der Waals surface area contributed by atoms with E-state index in [1.54, 1.807) is 0 Å². The molecule has 0 aliphatic heterocycles. The lowest BCUT2D eigenvalue weighted by atomic mass is 9.61. The van der Waals surface area contributed by atoms with E-state index in [9.17, 15) is 0 Å². The lowest BCUT2D eigenvalue weighted by molar-refractivity contribution is 0.0681. The maximum atomic E-state index is 3.64. The van der Waals surface area contributed by atoms with Crippen LogP contribution in [0.3, 0.4) is 0 Å². The van der Waals surface area contributed by atoms with Crippen molar-refractivity contribution in [2.24, 2.45) is 22.7 Å². The molecule has 1 unspecified atom stereocenters. The molecule has 0 heterocycles. The number of hydrogen-bond donors (Lipinski definition) is 1. The van der Waals surface area contributed by atoms with Crippen LogP contribution in [0.1, 0.15) is 80.1 Å². The van der Waals surface area contributed by atoms with Crippen LogP contribution in [0.25, 0.3) is 0 Å². The van der Waals surface area contributed by atoms with Gasteiger partial charge < -0.3 is 5.32 Å². The molecule has 1 fully saturated rings. The molecule has 19 heavy (non-hydrogen) atoms. The van der Waals surface area contributed by atoms with Gasteiger partial charge >= 0.3 is 0 Å². The van der Waals surface area contributed by atoms with Gasteiger partial charge in [0.15, 0.2) is 0 Å². The van der Waals surface area contributed by atoms with Crippen LogP contribution in [0.2, 0.25) is 0 Å². The van der Waals surface area contributed by atoms with Crippen molar-refractivity contribution in [2.75, 3.05) is 13.1 Å². The standard InChI is InChI=1S/C18H37N/c1-7-15(3)13-18(14-19-8-2)11-9-16(10-12-18)17(4,5)6/h15-16,19H,7-14H2,1-6H3. The quantitative estimate of drug-likeness (QED) is 0.692. The van der Waals surface area contributed by atoms with E-state index in [0.717, 1.165) is 18.4 Å². The summed E-state index contributed by atoms with van der Waals surface area (Å²) < 4.78 is 0. The molecule has 1 atom stereocenters. The highest BCUT2D eigenvalue weighted by Crippen LogP contribution is 2.48. The van der Waals surface area contributed by atoms with Gasteiger partial charge in [-0.2, -0.15) is 0 Å². The Labute approximate surface area is 121 Å². The molecule has 0 saturated heterocycles. The summed E-state index contributed by atoms with van der Waals surface area (Å²) in [6.07, 6.45) is 8.50. The minimum absolute atomic E-state index is 0.501. The van der Waals surface area contributed by atoms with Gasteiger partial charge in [0.25, 0.3) is 0 Å². The van der Waals surface area contributed by atoms with E-state index < -0.39 is 0 Å². The summed E-state index contributed by atoms with van der Waals surface area (Å²) in [5, 5.41) is 3.64. The van der Waals surface area contributed by atoms with Crippen molar-refractivity contribution in [2.45, 2.75) is 80.1 Å². The van der Waals surface area contributed by atoms with Gasteiger partial charge in [0, 0.05) is 6.54 Å². The molecule has 1 heteroatoms. The fourth-order valence-electron chi connectivity index (χ4n) is 3.82. The van der Waals surface area contributed by atoms with Crippen molar-refractivity contribution in [3.05, 3.63) is 0 Å². The SMILES string of the molecule is CCNCC1(CC(C)CC)CCC(C(C)(C)C)CC1. The first-order valence-electron chi connectivity index (χ1n) is 8.53. The predicted molar refractivity (Wildman–Crippen MR) is 86.5 cm³/mol. The summed E-state index contributed by atoms with van der Waals surface area (Å²) >= 11 is 0. The topological polar surface area (TPSA) is 12.0 Å². The van der Waals surface area contributed by atoms with Gasteiger partial charge in [0.05, 0.1) is 0 Å². The summed E-state index contributed by atoms with van der Waals surface area (Å²) in [5.74, 6) is 1.81. The van der Waals surface area contributed by atoms with E-state index in [1.165, 1.54) is 45.1 Å². The number of hydrogen-bond acceptors (Lipinski definition) is 1. The zero-order chi connectivity index (χ0) is 14.5. The van der Waals surface area contributed by atoms with E-state index in [2.05, 4.69) is 46.9 Å². The molecule has 0 spiro atoms. The van der Waals surface area contributed by atoms with Crippen molar-refractivity contribution in [1.29, 1.82) is 0 Å². The molecule has 1 aliphatic rings. The number of rotatable bonds is 6. The van der Waals surface area contributed by atoms with Crippen LogP contribution in [0.15, 0.2) is 0 Å².